The number of rotatable bonds is 11. The van der Waals surface area contributed by atoms with Crippen LogP contribution in [-0.4, -0.2) is 51.2 Å². The Hall–Kier alpha value is -1.63. The first-order valence-corrected chi connectivity index (χ1v) is 10.4. The number of amides is 3. The minimum atomic E-state index is -0.812. The molecule has 3 amide bonds. The molecule has 2 fully saturated rings. The zero-order valence-corrected chi connectivity index (χ0v) is 16.4. The Bertz CT molecular complexity index is 528. The molecule has 0 radical (unpaired) electrons. The van der Waals surface area contributed by atoms with Crippen LogP contribution in [0.5, 0.6) is 0 Å². The molecule has 0 aromatic rings. The van der Waals surface area contributed by atoms with Gasteiger partial charge in [0, 0.05) is 13.0 Å². The normalized spacial score (nSPS) is 23.3. The van der Waals surface area contributed by atoms with Crippen LogP contribution in [0.4, 0.5) is 4.79 Å². The zero-order chi connectivity index (χ0) is 19.9. The first kappa shape index (κ1) is 21.7. The number of urea groups is 1. The summed E-state index contributed by atoms with van der Waals surface area (Å²) in [4.78, 5) is 36.3. The summed E-state index contributed by atoms with van der Waals surface area (Å²) in [5.41, 5.74) is -0.812. The molecule has 0 aromatic carbocycles. The van der Waals surface area contributed by atoms with Crippen LogP contribution in [0.3, 0.4) is 0 Å². The highest BCUT2D eigenvalue weighted by atomic mass is 16.4. The number of carbonyl (C=O) groups is 3. The molecule has 2 aliphatic rings. The van der Waals surface area contributed by atoms with Gasteiger partial charge in [-0.1, -0.05) is 38.5 Å². The maximum atomic E-state index is 12.1. The highest BCUT2D eigenvalue weighted by Gasteiger charge is 2.40. The SMILES string of the molecule is C[C@](O)(CCN1C(=O)NC(=O)[C@@H]1CCCCCCC(=O)O)C1CCCCC1. The van der Waals surface area contributed by atoms with Gasteiger partial charge in [0.05, 0.1) is 5.60 Å². The van der Waals surface area contributed by atoms with Gasteiger partial charge in [-0.3, -0.25) is 14.9 Å². The van der Waals surface area contributed by atoms with Crippen LogP contribution in [0.25, 0.3) is 0 Å². The highest BCUT2D eigenvalue weighted by Crippen LogP contribution is 2.35. The van der Waals surface area contributed by atoms with Gasteiger partial charge in [-0.2, -0.15) is 0 Å². The van der Waals surface area contributed by atoms with Crippen molar-refractivity contribution in [1.29, 1.82) is 0 Å². The van der Waals surface area contributed by atoms with Gasteiger partial charge in [-0.05, 0) is 44.9 Å². The van der Waals surface area contributed by atoms with Crippen molar-refractivity contribution in [1.82, 2.24) is 10.2 Å². The number of unbranched alkanes of at least 4 members (excludes halogenated alkanes) is 3. The third kappa shape index (κ3) is 6.48. The summed E-state index contributed by atoms with van der Waals surface area (Å²) in [7, 11) is 0. The molecule has 7 heteroatoms. The van der Waals surface area contributed by atoms with E-state index in [0.717, 1.165) is 44.9 Å². The summed E-state index contributed by atoms with van der Waals surface area (Å²) >= 11 is 0. The smallest absolute Gasteiger partial charge is 0.324 e. The minimum Gasteiger partial charge on any atom is -0.481 e. The van der Waals surface area contributed by atoms with Crippen molar-refractivity contribution in [2.75, 3.05) is 6.54 Å². The zero-order valence-electron chi connectivity index (χ0n) is 16.4. The maximum Gasteiger partial charge on any atom is 0.324 e. The summed E-state index contributed by atoms with van der Waals surface area (Å²) < 4.78 is 0. The molecule has 154 valence electrons. The monoisotopic (exact) mass is 382 g/mol. The van der Waals surface area contributed by atoms with E-state index in [1.165, 1.54) is 6.42 Å². The lowest BCUT2D eigenvalue weighted by Crippen LogP contribution is -2.43. The van der Waals surface area contributed by atoms with Gasteiger partial charge in [0.2, 0.25) is 0 Å². The summed E-state index contributed by atoms with van der Waals surface area (Å²) in [6.45, 7) is 2.24. The van der Waals surface area contributed by atoms with E-state index in [2.05, 4.69) is 5.32 Å². The van der Waals surface area contributed by atoms with Crippen molar-refractivity contribution < 1.29 is 24.6 Å². The lowest BCUT2D eigenvalue weighted by atomic mass is 9.76. The number of hydrogen-bond acceptors (Lipinski definition) is 4. The number of carboxylic acids is 1. The van der Waals surface area contributed by atoms with Crippen molar-refractivity contribution in [3.63, 3.8) is 0 Å². The van der Waals surface area contributed by atoms with Gasteiger partial charge in [0.25, 0.3) is 5.91 Å². The van der Waals surface area contributed by atoms with E-state index >= 15 is 0 Å². The van der Waals surface area contributed by atoms with Gasteiger partial charge in [-0.25, -0.2) is 4.79 Å². The largest absolute Gasteiger partial charge is 0.481 e. The Morgan fingerprint density at radius 3 is 2.48 bits per heavy atom. The van der Waals surface area contributed by atoms with Crippen LogP contribution in [0.1, 0.15) is 84.0 Å². The standard InChI is InChI=1S/C20H34N2O5/c1-20(27,15-9-5-4-6-10-15)13-14-22-16(18(25)21-19(22)26)11-7-2-3-8-12-17(23)24/h15-16,27H,2-14H2,1H3,(H,23,24)(H,21,25,26)/t16-,20-/m0/s1. The number of hydrogen-bond donors (Lipinski definition) is 3. The molecule has 1 saturated carbocycles. The van der Waals surface area contributed by atoms with E-state index in [9.17, 15) is 19.5 Å². The molecule has 27 heavy (non-hydrogen) atoms. The Labute approximate surface area is 161 Å². The van der Waals surface area contributed by atoms with E-state index < -0.39 is 17.6 Å². The van der Waals surface area contributed by atoms with Crippen molar-refractivity contribution in [2.45, 2.75) is 95.6 Å². The minimum absolute atomic E-state index is 0.171. The van der Waals surface area contributed by atoms with Crippen LogP contribution in [-0.2, 0) is 9.59 Å². The lowest BCUT2D eigenvalue weighted by molar-refractivity contribution is -0.137. The second-order valence-electron chi connectivity index (χ2n) is 8.29. The predicted molar refractivity (Wildman–Crippen MR) is 101 cm³/mol. The van der Waals surface area contributed by atoms with E-state index in [1.54, 1.807) is 4.90 Å². The molecule has 0 aromatic heterocycles. The third-order valence-corrected chi connectivity index (χ3v) is 6.13. The first-order valence-electron chi connectivity index (χ1n) is 10.4. The number of aliphatic hydroxyl groups is 1. The Kier molecular flexibility index (Phi) is 8.07. The van der Waals surface area contributed by atoms with Crippen molar-refractivity contribution in [3.05, 3.63) is 0 Å². The van der Waals surface area contributed by atoms with E-state index in [4.69, 9.17) is 5.11 Å². The van der Waals surface area contributed by atoms with Crippen LogP contribution in [0.15, 0.2) is 0 Å². The molecular weight excluding hydrogens is 348 g/mol. The van der Waals surface area contributed by atoms with Gasteiger partial charge in [-0.15, -0.1) is 0 Å². The summed E-state index contributed by atoms with van der Waals surface area (Å²) in [5, 5.41) is 21.9. The summed E-state index contributed by atoms with van der Waals surface area (Å²) in [5.74, 6) is -0.782. The molecule has 0 bridgehead atoms. The first-order chi connectivity index (χ1) is 12.8. The van der Waals surface area contributed by atoms with Crippen LogP contribution >= 0.6 is 0 Å². The van der Waals surface area contributed by atoms with E-state index in [1.807, 2.05) is 6.92 Å². The maximum absolute atomic E-state index is 12.1. The number of aliphatic carboxylic acids is 1. The molecule has 1 aliphatic heterocycles. The Morgan fingerprint density at radius 2 is 1.81 bits per heavy atom. The molecule has 0 spiro atoms. The highest BCUT2D eigenvalue weighted by molar-refractivity contribution is 6.04. The van der Waals surface area contributed by atoms with Gasteiger partial charge >= 0.3 is 12.0 Å². The van der Waals surface area contributed by atoms with Crippen LogP contribution < -0.4 is 5.32 Å². The number of imide groups is 1. The molecule has 3 N–H and O–H groups in total. The van der Waals surface area contributed by atoms with E-state index in [0.29, 0.717) is 25.8 Å². The topological polar surface area (TPSA) is 107 Å². The van der Waals surface area contributed by atoms with Crippen LogP contribution in [0.2, 0.25) is 0 Å². The third-order valence-electron chi connectivity index (χ3n) is 6.13. The lowest BCUT2D eigenvalue weighted by Gasteiger charge is -2.37. The number of nitrogens with one attached hydrogen (secondary N) is 1. The van der Waals surface area contributed by atoms with Crippen molar-refractivity contribution in [2.24, 2.45) is 5.92 Å². The van der Waals surface area contributed by atoms with E-state index in [-0.39, 0.29) is 24.3 Å². The molecule has 2 atom stereocenters. The molecule has 2 rings (SSSR count). The van der Waals surface area contributed by atoms with Crippen molar-refractivity contribution >= 4 is 17.9 Å². The molecule has 1 heterocycles. The number of carbonyl (C=O) groups excluding carboxylic acids is 2. The fourth-order valence-electron chi connectivity index (χ4n) is 4.33. The average Bonchev–Trinajstić information content (AvgIpc) is 2.89. The number of nitrogens with zero attached hydrogens (tertiary/aromatic N) is 1. The van der Waals surface area contributed by atoms with Gasteiger partial charge in [0.1, 0.15) is 6.04 Å². The second kappa shape index (κ2) is 10.1. The molecule has 1 saturated heterocycles. The fourth-order valence-corrected chi connectivity index (χ4v) is 4.33. The average molecular weight is 383 g/mol. The summed E-state index contributed by atoms with van der Waals surface area (Å²) in [6, 6.07) is -0.838. The second-order valence-corrected chi connectivity index (χ2v) is 8.29. The molecule has 0 unspecified atom stereocenters. The quantitative estimate of drug-likeness (QED) is 0.376. The Morgan fingerprint density at radius 1 is 1.15 bits per heavy atom. The van der Waals surface area contributed by atoms with Gasteiger partial charge in [0.15, 0.2) is 0 Å². The molecule has 1 aliphatic carbocycles. The fraction of sp³-hybridized carbons (Fsp3) is 0.850. The molecular formula is C20H34N2O5. The predicted octanol–water partition coefficient (Wildman–Crippen LogP) is 3.05. The Balaban J connectivity index is 1.79. The molecule has 7 nitrogen and oxygen atoms in total. The van der Waals surface area contributed by atoms with Crippen LogP contribution in [0, 0.1) is 5.92 Å². The summed E-state index contributed by atoms with van der Waals surface area (Å²) in [6.07, 6.45) is 9.87. The van der Waals surface area contributed by atoms with Gasteiger partial charge < -0.3 is 15.1 Å². The number of carboxylic acid groups (broad SMARTS) is 1. The van der Waals surface area contributed by atoms with Crippen molar-refractivity contribution in [3.8, 4) is 0 Å².